The van der Waals surface area contributed by atoms with Crippen LogP contribution in [0.2, 0.25) is 0 Å². The maximum absolute atomic E-state index is 11.9. The molecule has 0 spiro atoms. The Bertz CT molecular complexity index is 687. The van der Waals surface area contributed by atoms with E-state index in [0.717, 1.165) is 42.0 Å². The number of rotatable bonds is 2. The van der Waals surface area contributed by atoms with E-state index in [1.54, 1.807) is 17.7 Å². The molecule has 0 atom stereocenters. The predicted octanol–water partition coefficient (Wildman–Crippen LogP) is 3.18. The lowest BCUT2D eigenvalue weighted by Gasteiger charge is -2.33. The molecule has 124 valence electrons. The number of thiophene rings is 1. The summed E-state index contributed by atoms with van der Waals surface area (Å²) in [6, 6.07) is 2.22. The molecule has 0 saturated carbocycles. The summed E-state index contributed by atoms with van der Waals surface area (Å²) >= 11 is 1.63. The number of amides is 1. The maximum Gasteiger partial charge on any atom is 0.407 e. The molecule has 0 radical (unpaired) electrons. The number of hydrogen-bond donors (Lipinski definition) is 1. The number of carbonyl (C=O) groups is 1. The highest BCUT2D eigenvalue weighted by Crippen LogP contribution is 2.28. The van der Waals surface area contributed by atoms with Crippen LogP contribution in [0.25, 0.3) is 10.2 Å². The van der Waals surface area contributed by atoms with E-state index in [1.165, 1.54) is 0 Å². The smallest absolute Gasteiger partial charge is 0.407 e. The first-order valence-corrected chi connectivity index (χ1v) is 8.73. The van der Waals surface area contributed by atoms with Crippen LogP contribution in [-0.4, -0.2) is 40.8 Å². The van der Waals surface area contributed by atoms with Gasteiger partial charge in [0.25, 0.3) is 0 Å². The van der Waals surface area contributed by atoms with Crippen molar-refractivity contribution in [3.8, 4) is 0 Å². The van der Waals surface area contributed by atoms with E-state index in [0.29, 0.717) is 0 Å². The number of hydrogen-bond acceptors (Lipinski definition) is 6. The zero-order valence-electron chi connectivity index (χ0n) is 13.7. The van der Waals surface area contributed by atoms with E-state index in [1.807, 2.05) is 26.2 Å². The van der Waals surface area contributed by atoms with Crippen LogP contribution in [0.15, 0.2) is 17.8 Å². The molecule has 1 saturated heterocycles. The minimum atomic E-state index is -0.462. The third kappa shape index (κ3) is 3.90. The molecule has 7 heteroatoms. The second kappa shape index (κ2) is 6.31. The van der Waals surface area contributed by atoms with Crippen molar-refractivity contribution in [2.24, 2.45) is 0 Å². The van der Waals surface area contributed by atoms with Gasteiger partial charge in [-0.2, -0.15) is 0 Å². The highest BCUT2D eigenvalue weighted by Gasteiger charge is 2.25. The SMILES string of the molecule is CC(C)(C)OC(=O)NC1CCN(c2ncnc3sccc23)CC1. The van der Waals surface area contributed by atoms with Gasteiger partial charge < -0.3 is 15.0 Å². The third-order valence-electron chi connectivity index (χ3n) is 3.76. The van der Waals surface area contributed by atoms with Gasteiger partial charge in [-0.15, -0.1) is 11.3 Å². The van der Waals surface area contributed by atoms with Crippen LogP contribution in [0.1, 0.15) is 33.6 Å². The van der Waals surface area contributed by atoms with Gasteiger partial charge in [0.15, 0.2) is 0 Å². The summed E-state index contributed by atoms with van der Waals surface area (Å²) < 4.78 is 5.32. The molecule has 3 rings (SSSR count). The van der Waals surface area contributed by atoms with E-state index in [-0.39, 0.29) is 12.1 Å². The van der Waals surface area contributed by atoms with Crippen molar-refractivity contribution in [2.75, 3.05) is 18.0 Å². The molecule has 1 aliphatic heterocycles. The largest absolute Gasteiger partial charge is 0.444 e. The fourth-order valence-electron chi connectivity index (χ4n) is 2.74. The van der Waals surface area contributed by atoms with Crippen LogP contribution in [-0.2, 0) is 4.74 Å². The van der Waals surface area contributed by atoms with Crippen molar-refractivity contribution >= 4 is 33.5 Å². The van der Waals surface area contributed by atoms with E-state index in [2.05, 4.69) is 26.3 Å². The lowest BCUT2D eigenvalue weighted by Crippen LogP contribution is -2.46. The third-order valence-corrected chi connectivity index (χ3v) is 4.58. The van der Waals surface area contributed by atoms with E-state index in [4.69, 9.17) is 4.74 Å². The molecule has 3 heterocycles. The van der Waals surface area contributed by atoms with Crippen LogP contribution in [0.5, 0.6) is 0 Å². The Kier molecular flexibility index (Phi) is 4.39. The van der Waals surface area contributed by atoms with Gasteiger partial charge in [0.2, 0.25) is 0 Å². The highest BCUT2D eigenvalue weighted by molar-refractivity contribution is 7.16. The first kappa shape index (κ1) is 16.0. The van der Waals surface area contributed by atoms with Crippen LogP contribution in [0, 0.1) is 0 Å². The molecular weight excluding hydrogens is 312 g/mol. The summed E-state index contributed by atoms with van der Waals surface area (Å²) in [7, 11) is 0. The Morgan fingerprint density at radius 2 is 2.09 bits per heavy atom. The van der Waals surface area contributed by atoms with Gasteiger partial charge in [0.1, 0.15) is 22.6 Å². The first-order chi connectivity index (χ1) is 10.9. The molecular formula is C16H22N4O2S. The van der Waals surface area contributed by atoms with Gasteiger partial charge in [-0.1, -0.05) is 0 Å². The number of aromatic nitrogens is 2. The van der Waals surface area contributed by atoms with Crippen molar-refractivity contribution in [2.45, 2.75) is 45.3 Å². The quantitative estimate of drug-likeness (QED) is 0.913. The zero-order chi connectivity index (χ0) is 16.4. The number of anilines is 1. The maximum atomic E-state index is 11.9. The average Bonchev–Trinajstić information content (AvgIpc) is 2.94. The van der Waals surface area contributed by atoms with Crippen molar-refractivity contribution in [1.29, 1.82) is 0 Å². The van der Waals surface area contributed by atoms with Gasteiger partial charge in [0, 0.05) is 19.1 Å². The lowest BCUT2D eigenvalue weighted by molar-refractivity contribution is 0.0497. The number of fused-ring (bicyclic) bond motifs is 1. The summed E-state index contributed by atoms with van der Waals surface area (Å²) in [5, 5.41) is 6.11. The van der Waals surface area contributed by atoms with Gasteiger partial charge in [0.05, 0.1) is 5.39 Å². The summed E-state index contributed by atoms with van der Waals surface area (Å²) in [6.45, 7) is 7.34. The summed E-state index contributed by atoms with van der Waals surface area (Å²) in [6.07, 6.45) is 3.06. The molecule has 0 bridgehead atoms. The first-order valence-electron chi connectivity index (χ1n) is 7.85. The molecule has 6 nitrogen and oxygen atoms in total. The predicted molar refractivity (Wildman–Crippen MR) is 92.0 cm³/mol. The Morgan fingerprint density at radius 3 is 2.78 bits per heavy atom. The molecule has 2 aromatic heterocycles. The Hall–Kier alpha value is -1.89. The van der Waals surface area contributed by atoms with E-state index in [9.17, 15) is 4.79 Å². The lowest BCUT2D eigenvalue weighted by atomic mass is 10.1. The molecule has 1 amide bonds. The molecule has 0 aromatic carbocycles. The molecule has 1 fully saturated rings. The van der Waals surface area contributed by atoms with Crippen LogP contribution in [0.4, 0.5) is 10.6 Å². The van der Waals surface area contributed by atoms with Gasteiger partial charge in [-0.3, -0.25) is 0 Å². The van der Waals surface area contributed by atoms with Gasteiger partial charge >= 0.3 is 6.09 Å². The van der Waals surface area contributed by atoms with Crippen molar-refractivity contribution in [1.82, 2.24) is 15.3 Å². The number of alkyl carbamates (subject to hydrolysis) is 1. The second-order valence-electron chi connectivity index (χ2n) is 6.74. The van der Waals surface area contributed by atoms with Crippen molar-refractivity contribution in [3.05, 3.63) is 17.8 Å². The van der Waals surface area contributed by atoms with Crippen LogP contribution < -0.4 is 10.2 Å². The van der Waals surface area contributed by atoms with Crippen LogP contribution in [0.3, 0.4) is 0 Å². The normalized spacial score (nSPS) is 16.6. The molecule has 2 aromatic rings. The van der Waals surface area contributed by atoms with Gasteiger partial charge in [-0.05, 0) is 45.1 Å². The van der Waals surface area contributed by atoms with Crippen molar-refractivity contribution < 1.29 is 9.53 Å². The Labute approximate surface area is 139 Å². The van der Waals surface area contributed by atoms with E-state index >= 15 is 0 Å². The second-order valence-corrected chi connectivity index (χ2v) is 7.64. The number of ether oxygens (including phenoxy) is 1. The van der Waals surface area contributed by atoms with Gasteiger partial charge in [-0.25, -0.2) is 14.8 Å². The number of piperidine rings is 1. The molecule has 1 N–H and O–H groups in total. The molecule has 0 unspecified atom stereocenters. The van der Waals surface area contributed by atoms with Crippen LogP contribution >= 0.6 is 11.3 Å². The summed E-state index contributed by atoms with van der Waals surface area (Å²) in [4.78, 5) is 23.9. The summed E-state index contributed by atoms with van der Waals surface area (Å²) in [5.74, 6) is 0.993. The summed E-state index contributed by atoms with van der Waals surface area (Å²) in [5.41, 5.74) is -0.462. The van der Waals surface area contributed by atoms with Crippen molar-refractivity contribution in [3.63, 3.8) is 0 Å². The monoisotopic (exact) mass is 334 g/mol. The zero-order valence-corrected chi connectivity index (χ0v) is 14.5. The molecule has 1 aliphatic rings. The average molecular weight is 334 g/mol. The fraction of sp³-hybridized carbons (Fsp3) is 0.562. The van der Waals surface area contributed by atoms with E-state index < -0.39 is 5.60 Å². The Balaban J connectivity index is 1.58. The minimum absolute atomic E-state index is 0.154. The topological polar surface area (TPSA) is 67.3 Å². The standard InChI is InChI=1S/C16H22N4O2S/c1-16(2,3)22-15(21)19-11-4-7-20(8-5-11)13-12-6-9-23-14(12)18-10-17-13/h6,9-11H,4-5,7-8H2,1-3H3,(H,19,21). The number of nitrogens with zero attached hydrogens (tertiary/aromatic N) is 3. The molecule has 23 heavy (non-hydrogen) atoms. The minimum Gasteiger partial charge on any atom is -0.444 e. The Morgan fingerprint density at radius 1 is 1.35 bits per heavy atom. The number of nitrogens with one attached hydrogen (secondary N) is 1. The number of carbonyl (C=O) groups excluding carboxylic acids is 1. The molecule has 0 aliphatic carbocycles. The highest BCUT2D eigenvalue weighted by atomic mass is 32.1. The fourth-order valence-corrected chi connectivity index (χ4v) is 3.47.